The number of thioether (sulfide) groups is 1. The summed E-state index contributed by atoms with van der Waals surface area (Å²) in [5.74, 6) is 0.449. The van der Waals surface area contributed by atoms with Crippen LogP contribution in [-0.2, 0) is 14.3 Å². The van der Waals surface area contributed by atoms with E-state index < -0.39 is 6.10 Å². The lowest BCUT2D eigenvalue weighted by Gasteiger charge is -2.12. The molecule has 1 unspecified atom stereocenters. The van der Waals surface area contributed by atoms with E-state index in [0.29, 0.717) is 18.4 Å². The maximum Gasteiger partial charge on any atom is 0.246 e. The van der Waals surface area contributed by atoms with Crippen molar-refractivity contribution in [3.63, 3.8) is 0 Å². The second-order valence-electron chi connectivity index (χ2n) is 9.35. The van der Waals surface area contributed by atoms with Gasteiger partial charge in [0.25, 0.3) is 0 Å². The number of allylic oxidation sites excluding steroid dienone is 2. The van der Waals surface area contributed by atoms with Crippen LogP contribution in [0.25, 0.3) is 11.1 Å². The first-order valence-corrected chi connectivity index (χ1v) is 12.7. The van der Waals surface area contributed by atoms with Gasteiger partial charge >= 0.3 is 0 Å². The van der Waals surface area contributed by atoms with Crippen molar-refractivity contribution >= 4 is 29.3 Å². The van der Waals surface area contributed by atoms with Crippen molar-refractivity contribution in [3.05, 3.63) is 60.2 Å². The van der Waals surface area contributed by atoms with Crippen LogP contribution in [0.2, 0.25) is 0 Å². The number of hydrogen-bond donors (Lipinski definition) is 2. The third-order valence-corrected chi connectivity index (χ3v) is 6.36. The number of benzene rings is 2. The summed E-state index contributed by atoms with van der Waals surface area (Å²) in [4.78, 5) is 23.5. The average Bonchev–Trinajstić information content (AvgIpc) is 3.01. The summed E-state index contributed by atoms with van der Waals surface area (Å²) in [6.45, 7) is 6.47. The fourth-order valence-corrected chi connectivity index (χ4v) is 4.57. The third-order valence-electron chi connectivity index (χ3n) is 5.22. The molecule has 186 valence electrons. The van der Waals surface area contributed by atoms with Crippen LogP contribution in [0.15, 0.2) is 59.5 Å². The number of hydrogen-bond acceptors (Lipinski definition) is 5. The Balaban J connectivity index is 0.000000260. The van der Waals surface area contributed by atoms with Crippen molar-refractivity contribution in [3.8, 4) is 17.2 Å². The lowest BCUT2D eigenvalue weighted by molar-refractivity contribution is -0.128. The smallest absolute Gasteiger partial charge is 0.246 e. The highest BCUT2D eigenvalue weighted by molar-refractivity contribution is 7.99. The number of methoxy groups -OCH3 is 1. The molecule has 6 nitrogen and oxygen atoms in total. The first-order valence-electron chi connectivity index (χ1n) is 11.7. The van der Waals surface area contributed by atoms with Crippen LogP contribution in [0.5, 0.6) is 0 Å². The topological polar surface area (TPSA) is 105 Å². The highest BCUT2D eigenvalue weighted by Crippen LogP contribution is 2.39. The Morgan fingerprint density at radius 1 is 1.29 bits per heavy atom. The van der Waals surface area contributed by atoms with Crippen LogP contribution < -0.4 is 11.1 Å². The molecule has 0 aromatic heterocycles. The van der Waals surface area contributed by atoms with Gasteiger partial charge in [0, 0.05) is 24.2 Å². The molecule has 0 bridgehead atoms. The molecule has 0 radical (unpaired) electrons. The summed E-state index contributed by atoms with van der Waals surface area (Å²) in [6, 6.07) is 15.6. The van der Waals surface area contributed by atoms with Gasteiger partial charge in [0.15, 0.2) is 0 Å². The average molecular weight is 494 g/mol. The second kappa shape index (κ2) is 13.7. The molecule has 0 saturated carbocycles. The normalized spacial score (nSPS) is 14.1. The van der Waals surface area contributed by atoms with Crippen LogP contribution in [0.4, 0.5) is 5.69 Å². The molecule has 3 N–H and O–H groups in total. The van der Waals surface area contributed by atoms with Crippen molar-refractivity contribution in [2.75, 3.05) is 18.2 Å². The molecule has 0 saturated heterocycles. The number of unbranched alkanes of at least 4 members (excludes halogenated alkanes) is 1. The third kappa shape index (κ3) is 9.59. The monoisotopic (exact) mass is 493 g/mol. The van der Waals surface area contributed by atoms with E-state index in [-0.39, 0.29) is 17.2 Å². The van der Waals surface area contributed by atoms with E-state index >= 15 is 0 Å². The maximum atomic E-state index is 11.6. The Morgan fingerprint density at radius 3 is 2.69 bits per heavy atom. The number of anilines is 1. The summed E-state index contributed by atoms with van der Waals surface area (Å²) in [5, 5.41) is 12.0. The second-order valence-corrected chi connectivity index (χ2v) is 10.5. The summed E-state index contributed by atoms with van der Waals surface area (Å²) in [5.41, 5.74) is 8.94. The molecule has 7 heteroatoms. The standard InChI is InChI=1S/C16H12N2OS.C12H23NO2/c17-10-11-3-1-4-12(9-11)13-5-2-6-14-16(13)20-8-7-15(19)18-14;1-12(2,3)9-7-5-6-8-10(15-4)11(13)14/h1-6,9H,7-8H2,(H,18,19);7,9-10H,5-6,8H2,1-4H3,(H2,13,14)/b;9-7+. The number of nitriles is 1. The molecule has 3 rings (SSSR count). The Bertz CT molecular complexity index is 1080. The Morgan fingerprint density at radius 2 is 2.03 bits per heavy atom. The van der Waals surface area contributed by atoms with Gasteiger partial charge < -0.3 is 15.8 Å². The number of amides is 2. The zero-order chi connectivity index (χ0) is 25.8. The predicted octanol–water partition coefficient (Wildman–Crippen LogP) is 5.92. The molecule has 0 aliphatic carbocycles. The molecule has 1 aliphatic rings. The number of nitrogens with one attached hydrogen (secondary N) is 1. The van der Waals surface area contributed by atoms with Gasteiger partial charge in [0.05, 0.1) is 17.3 Å². The molecular weight excluding hydrogens is 458 g/mol. The highest BCUT2D eigenvalue weighted by Gasteiger charge is 2.17. The molecule has 1 atom stereocenters. The maximum absolute atomic E-state index is 11.6. The minimum Gasteiger partial charge on any atom is -0.372 e. The lowest BCUT2D eigenvalue weighted by atomic mass is 9.95. The molecular formula is C28H35N3O3S. The van der Waals surface area contributed by atoms with Crippen molar-refractivity contribution < 1.29 is 14.3 Å². The summed E-state index contributed by atoms with van der Waals surface area (Å²) < 4.78 is 4.96. The van der Waals surface area contributed by atoms with Crippen molar-refractivity contribution in [1.29, 1.82) is 5.26 Å². The van der Waals surface area contributed by atoms with Gasteiger partial charge in [-0.3, -0.25) is 9.59 Å². The molecule has 35 heavy (non-hydrogen) atoms. The number of nitrogens with two attached hydrogens (primary N) is 1. The number of primary amides is 1. The van der Waals surface area contributed by atoms with Gasteiger partial charge in [-0.15, -0.1) is 11.8 Å². The fourth-order valence-electron chi connectivity index (χ4n) is 3.47. The first kappa shape index (κ1) is 28.2. The van der Waals surface area contributed by atoms with Gasteiger partial charge in [-0.1, -0.05) is 57.2 Å². The number of nitrogens with zero attached hydrogens (tertiary/aromatic N) is 1. The van der Waals surface area contributed by atoms with Crippen LogP contribution in [0.1, 0.15) is 52.0 Å². The molecule has 2 aromatic rings. The minimum atomic E-state index is -0.437. The van der Waals surface area contributed by atoms with E-state index in [4.69, 9.17) is 15.7 Å². The van der Waals surface area contributed by atoms with E-state index in [1.807, 2.05) is 36.4 Å². The highest BCUT2D eigenvalue weighted by atomic mass is 32.2. The summed E-state index contributed by atoms with van der Waals surface area (Å²) >= 11 is 1.68. The largest absolute Gasteiger partial charge is 0.372 e. The quantitative estimate of drug-likeness (QED) is 0.368. The number of ether oxygens (including phenoxy) is 1. The van der Waals surface area contributed by atoms with Gasteiger partial charge in [0.1, 0.15) is 6.10 Å². The molecule has 0 spiro atoms. The predicted molar refractivity (Wildman–Crippen MR) is 143 cm³/mol. The molecule has 1 heterocycles. The van der Waals surface area contributed by atoms with E-state index in [1.54, 1.807) is 17.8 Å². The number of carbonyl (C=O) groups excluding carboxylic acids is 2. The fraction of sp³-hybridized carbons (Fsp3) is 0.393. The number of rotatable bonds is 7. The molecule has 2 amide bonds. The van der Waals surface area contributed by atoms with Crippen LogP contribution in [0, 0.1) is 16.7 Å². The van der Waals surface area contributed by atoms with Crippen LogP contribution in [0.3, 0.4) is 0 Å². The zero-order valence-electron chi connectivity index (χ0n) is 21.0. The zero-order valence-corrected chi connectivity index (χ0v) is 21.8. The van der Waals surface area contributed by atoms with Crippen molar-refractivity contribution in [2.24, 2.45) is 11.1 Å². The Labute approximate surface area is 212 Å². The van der Waals surface area contributed by atoms with Crippen LogP contribution in [-0.4, -0.2) is 30.8 Å². The van der Waals surface area contributed by atoms with Gasteiger partial charge in [-0.05, 0) is 54.0 Å². The molecule has 1 aliphatic heterocycles. The molecule has 2 aromatic carbocycles. The number of fused-ring (bicyclic) bond motifs is 1. The lowest BCUT2D eigenvalue weighted by Crippen LogP contribution is -2.29. The van der Waals surface area contributed by atoms with E-state index in [9.17, 15) is 9.59 Å². The summed E-state index contributed by atoms with van der Waals surface area (Å²) in [7, 11) is 1.51. The first-order chi connectivity index (χ1) is 16.6. The van der Waals surface area contributed by atoms with Gasteiger partial charge in [0.2, 0.25) is 11.8 Å². The van der Waals surface area contributed by atoms with E-state index in [2.05, 4.69) is 44.3 Å². The van der Waals surface area contributed by atoms with Gasteiger partial charge in [-0.2, -0.15) is 5.26 Å². The van der Waals surface area contributed by atoms with Crippen molar-refractivity contribution in [2.45, 2.75) is 57.5 Å². The van der Waals surface area contributed by atoms with Crippen molar-refractivity contribution in [1.82, 2.24) is 0 Å². The Hall–Kier alpha value is -3.08. The van der Waals surface area contributed by atoms with Crippen LogP contribution >= 0.6 is 11.8 Å². The summed E-state index contributed by atoms with van der Waals surface area (Å²) in [6.07, 6.45) is 7.00. The van der Waals surface area contributed by atoms with Gasteiger partial charge in [-0.25, -0.2) is 0 Å². The number of carbonyl (C=O) groups is 2. The SMILES string of the molecule is COC(CCC/C=C/C(C)(C)C)C(N)=O.N#Cc1cccc(-c2cccc3c2SCCC(=O)N3)c1. The molecule has 0 fully saturated rings. The Kier molecular flexibility index (Phi) is 11.0. The van der Waals surface area contributed by atoms with E-state index in [0.717, 1.165) is 40.3 Å². The minimum absolute atomic E-state index is 0.0548. The van der Waals surface area contributed by atoms with E-state index in [1.165, 1.54) is 7.11 Å².